The Balaban J connectivity index is 2.64. The van der Waals surface area contributed by atoms with Gasteiger partial charge < -0.3 is 9.97 Å². The van der Waals surface area contributed by atoms with E-state index < -0.39 is 17.3 Å². The topological polar surface area (TPSA) is 48.6 Å². The standard InChI is InChI=1S/C14H11F3N2O/c1-6-7(2)18-9-3-4-10-13(12(6)9)8(14(15,16)17)5-11(20)19-10/h3-5,18H,1-2H3,(H,19,20). The minimum atomic E-state index is -4.57. The summed E-state index contributed by atoms with van der Waals surface area (Å²) in [6.45, 7) is 3.57. The molecule has 3 aromatic rings. The van der Waals surface area contributed by atoms with Crippen molar-refractivity contribution in [3.63, 3.8) is 0 Å². The third-order valence-electron chi connectivity index (χ3n) is 3.57. The van der Waals surface area contributed by atoms with E-state index in [1.807, 2.05) is 0 Å². The number of hydrogen-bond donors (Lipinski definition) is 2. The second kappa shape index (κ2) is 3.88. The smallest absolute Gasteiger partial charge is 0.358 e. The average Bonchev–Trinajstić information content (AvgIpc) is 2.63. The minimum Gasteiger partial charge on any atom is -0.358 e. The number of aryl methyl sites for hydroxylation is 2. The second-order valence-corrected chi connectivity index (χ2v) is 4.83. The molecule has 0 fully saturated rings. The molecule has 0 amide bonds. The highest BCUT2D eigenvalue weighted by atomic mass is 19.4. The molecule has 104 valence electrons. The van der Waals surface area contributed by atoms with E-state index in [1.54, 1.807) is 19.9 Å². The van der Waals surface area contributed by atoms with Gasteiger partial charge in [0.25, 0.3) is 0 Å². The molecule has 20 heavy (non-hydrogen) atoms. The zero-order valence-corrected chi connectivity index (χ0v) is 10.8. The molecule has 0 unspecified atom stereocenters. The van der Waals surface area contributed by atoms with Crippen molar-refractivity contribution in [3.05, 3.63) is 45.4 Å². The van der Waals surface area contributed by atoms with Gasteiger partial charge >= 0.3 is 6.18 Å². The lowest BCUT2D eigenvalue weighted by Crippen LogP contribution is -2.14. The molecule has 2 aromatic heterocycles. The third kappa shape index (κ3) is 1.71. The van der Waals surface area contributed by atoms with Gasteiger partial charge in [-0.3, -0.25) is 4.79 Å². The van der Waals surface area contributed by atoms with Crippen LogP contribution in [0.5, 0.6) is 0 Å². The van der Waals surface area contributed by atoms with Crippen LogP contribution in [0.4, 0.5) is 13.2 Å². The maximum Gasteiger partial charge on any atom is 0.417 e. The molecule has 3 rings (SSSR count). The molecule has 0 saturated heterocycles. The maximum absolute atomic E-state index is 13.2. The Kier molecular flexibility index (Phi) is 2.48. The number of hydrogen-bond acceptors (Lipinski definition) is 1. The van der Waals surface area contributed by atoms with Gasteiger partial charge in [0.15, 0.2) is 0 Å². The molecule has 0 radical (unpaired) electrons. The number of halogens is 3. The van der Waals surface area contributed by atoms with Crippen molar-refractivity contribution >= 4 is 21.8 Å². The molecule has 0 bridgehead atoms. The molecule has 0 aliphatic rings. The third-order valence-corrected chi connectivity index (χ3v) is 3.57. The van der Waals surface area contributed by atoms with Crippen LogP contribution in [-0.4, -0.2) is 9.97 Å². The van der Waals surface area contributed by atoms with Crippen molar-refractivity contribution in [2.45, 2.75) is 20.0 Å². The highest BCUT2D eigenvalue weighted by molar-refractivity contribution is 6.09. The number of pyridine rings is 1. The van der Waals surface area contributed by atoms with Crippen LogP contribution in [0.25, 0.3) is 21.8 Å². The molecule has 1 aromatic carbocycles. The van der Waals surface area contributed by atoms with Crippen molar-refractivity contribution in [2.24, 2.45) is 0 Å². The molecule has 3 nitrogen and oxygen atoms in total. The summed E-state index contributed by atoms with van der Waals surface area (Å²) in [4.78, 5) is 16.9. The van der Waals surface area contributed by atoms with E-state index in [9.17, 15) is 18.0 Å². The van der Waals surface area contributed by atoms with Crippen molar-refractivity contribution in [3.8, 4) is 0 Å². The SMILES string of the molecule is Cc1[nH]c2ccc3[nH]c(=O)cc(C(F)(F)F)c3c2c1C. The van der Waals surface area contributed by atoms with Gasteiger partial charge in [-0.1, -0.05) is 0 Å². The summed E-state index contributed by atoms with van der Waals surface area (Å²) in [5.41, 5.74) is 0.734. The number of H-pyrrole nitrogens is 2. The van der Waals surface area contributed by atoms with Crippen LogP contribution >= 0.6 is 0 Å². The summed E-state index contributed by atoms with van der Waals surface area (Å²) < 4.78 is 39.6. The van der Waals surface area contributed by atoms with Gasteiger partial charge in [0.05, 0.1) is 5.56 Å². The molecule has 0 aliphatic carbocycles. The largest absolute Gasteiger partial charge is 0.417 e. The molecular formula is C14H11F3N2O. The number of rotatable bonds is 0. The molecule has 0 aliphatic heterocycles. The van der Waals surface area contributed by atoms with Crippen molar-refractivity contribution in [2.75, 3.05) is 0 Å². The minimum absolute atomic E-state index is 0.0384. The Bertz CT molecular complexity index is 887. The van der Waals surface area contributed by atoms with Gasteiger partial charge in [-0.25, -0.2) is 0 Å². The number of alkyl halides is 3. The normalized spacial score (nSPS) is 12.4. The van der Waals surface area contributed by atoms with Crippen LogP contribution in [0.1, 0.15) is 16.8 Å². The monoisotopic (exact) mass is 280 g/mol. The van der Waals surface area contributed by atoms with Gasteiger partial charge in [-0.05, 0) is 31.5 Å². The lowest BCUT2D eigenvalue weighted by Gasteiger charge is -2.11. The van der Waals surface area contributed by atoms with Gasteiger partial charge in [0, 0.05) is 33.6 Å². The molecular weight excluding hydrogens is 269 g/mol. The van der Waals surface area contributed by atoms with Gasteiger partial charge in [0.2, 0.25) is 5.56 Å². The molecule has 6 heteroatoms. The predicted molar refractivity (Wildman–Crippen MR) is 70.9 cm³/mol. The first kappa shape index (κ1) is 12.8. The van der Waals surface area contributed by atoms with Gasteiger partial charge in [-0.2, -0.15) is 13.2 Å². The quantitative estimate of drug-likeness (QED) is 0.649. The molecule has 0 atom stereocenters. The lowest BCUT2D eigenvalue weighted by molar-refractivity contribution is -0.136. The van der Waals surface area contributed by atoms with E-state index in [2.05, 4.69) is 9.97 Å². The Hall–Kier alpha value is -2.24. The van der Waals surface area contributed by atoms with Gasteiger partial charge in [-0.15, -0.1) is 0 Å². The maximum atomic E-state index is 13.2. The van der Waals surface area contributed by atoms with Crippen LogP contribution < -0.4 is 5.56 Å². The predicted octanol–water partition coefficient (Wildman–Crippen LogP) is 3.65. The highest BCUT2D eigenvalue weighted by Gasteiger charge is 2.34. The zero-order valence-electron chi connectivity index (χ0n) is 10.8. The highest BCUT2D eigenvalue weighted by Crippen LogP contribution is 2.38. The number of nitrogens with one attached hydrogen (secondary N) is 2. The average molecular weight is 280 g/mol. The number of benzene rings is 1. The van der Waals surface area contributed by atoms with E-state index in [-0.39, 0.29) is 10.9 Å². The van der Waals surface area contributed by atoms with E-state index in [0.29, 0.717) is 17.0 Å². The van der Waals surface area contributed by atoms with Crippen LogP contribution in [0.3, 0.4) is 0 Å². The Morgan fingerprint density at radius 3 is 2.20 bits per heavy atom. The first-order chi connectivity index (χ1) is 9.29. The zero-order chi connectivity index (χ0) is 14.7. The van der Waals surface area contributed by atoms with E-state index >= 15 is 0 Å². The van der Waals surface area contributed by atoms with E-state index in [4.69, 9.17) is 0 Å². The summed E-state index contributed by atoms with van der Waals surface area (Å²) in [7, 11) is 0. The van der Waals surface area contributed by atoms with E-state index in [0.717, 1.165) is 11.3 Å². The molecule has 2 N–H and O–H groups in total. The summed E-state index contributed by atoms with van der Waals surface area (Å²) >= 11 is 0. The summed E-state index contributed by atoms with van der Waals surface area (Å²) in [6, 6.07) is 3.78. The fourth-order valence-electron chi connectivity index (χ4n) is 2.56. The number of fused-ring (bicyclic) bond motifs is 3. The molecule has 0 saturated carbocycles. The second-order valence-electron chi connectivity index (χ2n) is 4.83. The number of aromatic nitrogens is 2. The Morgan fingerprint density at radius 1 is 1.00 bits per heavy atom. The van der Waals surface area contributed by atoms with Gasteiger partial charge in [0.1, 0.15) is 0 Å². The van der Waals surface area contributed by atoms with E-state index in [1.165, 1.54) is 6.07 Å². The van der Waals surface area contributed by atoms with Crippen molar-refractivity contribution < 1.29 is 13.2 Å². The summed E-state index contributed by atoms with van der Waals surface area (Å²) in [5, 5.41) is 0.542. The van der Waals surface area contributed by atoms with Crippen LogP contribution in [0.2, 0.25) is 0 Å². The molecule has 2 heterocycles. The fraction of sp³-hybridized carbons (Fsp3) is 0.214. The number of aromatic amines is 2. The summed E-state index contributed by atoms with van der Waals surface area (Å²) in [6.07, 6.45) is -4.57. The Morgan fingerprint density at radius 2 is 1.60 bits per heavy atom. The first-order valence-electron chi connectivity index (χ1n) is 6.01. The first-order valence-corrected chi connectivity index (χ1v) is 6.01. The van der Waals surface area contributed by atoms with Crippen LogP contribution in [-0.2, 0) is 6.18 Å². The van der Waals surface area contributed by atoms with Crippen LogP contribution in [0.15, 0.2) is 23.0 Å². The molecule has 0 spiro atoms. The van der Waals surface area contributed by atoms with Crippen LogP contribution in [0, 0.1) is 13.8 Å². The summed E-state index contributed by atoms with van der Waals surface area (Å²) in [5.74, 6) is 0. The van der Waals surface area contributed by atoms with Crippen molar-refractivity contribution in [1.29, 1.82) is 0 Å². The fourth-order valence-corrected chi connectivity index (χ4v) is 2.56. The van der Waals surface area contributed by atoms with Crippen molar-refractivity contribution in [1.82, 2.24) is 9.97 Å². The lowest BCUT2D eigenvalue weighted by atomic mass is 10.0. The Labute approximate surface area is 111 Å².